The van der Waals surface area contributed by atoms with Gasteiger partial charge in [-0.3, -0.25) is 0 Å². The van der Waals surface area contributed by atoms with E-state index in [1.54, 1.807) is 0 Å². The van der Waals surface area contributed by atoms with Gasteiger partial charge in [-0.15, -0.1) is 11.8 Å². The highest BCUT2D eigenvalue weighted by Gasteiger charge is 2.21. The Morgan fingerprint density at radius 3 is 3.00 bits per heavy atom. The topological polar surface area (TPSA) is 33.1 Å². The number of pyridine rings is 1. The van der Waals surface area contributed by atoms with Crippen molar-refractivity contribution < 1.29 is 5.11 Å². The molecule has 0 aromatic carbocycles. The molecular weight excluding hydrogens is 230 g/mol. The highest BCUT2D eigenvalue weighted by Crippen LogP contribution is 2.37. The quantitative estimate of drug-likeness (QED) is 0.887. The summed E-state index contributed by atoms with van der Waals surface area (Å²) in [5.74, 6) is 0.833. The predicted molar refractivity (Wildman–Crippen MR) is 72.1 cm³/mol. The minimum atomic E-state index is -0.424. The van der Waals surface area contributed by atoms with Crippen LogP contribution in [0.2, 0.25) is 0 Å². The van der Waals surface area contributed by atoms with Crippen LogP contribution in [0.15, 0.2) is 23.4 Å². The van der Waals surface area contributed by atoms with E-state index in [1.165, 1.54) is 25.7 Å². The monoisotopic (exact) mass is 251 g/mol. The van der Waals surface area contributed by atoms with Gasteiger partial charge in [0.2, 0.25) is 0 Å². The molecule has 1 heterocycles. The Hall–Kier alpha value is -0.540. The fourth-order valence-corrected chi connectivity index (χ4v) is 3.98. The second kappa shape index (κ2) is 5.87. The Bertz CT molecular complexity index is 367. The number of hydrogen-bond acceptors (Lipinski definition) is 3. The molecule has 1 aliphatic carbocycles. The van der Waals surface area contributed by atoms with Gasteiger partial charge < -0.3 is 5.11 Å². The van der Waals surface area contributed by atoms with Gasteiger partial charge in [-0.25, -0.2) is 4.98 Å². The molecule has 1 aromatic rings. The second-order valence-electron chi connectivity index (χ2n) is 5.09. The molecule has 94 valence electrons. The maximum Gasteiger partial charge on any atom is 0.102 e. The molecule has 2 nitrogen and oxygen atoms in total. The van der Waals surface area contributed by atoms with Crippen molar-refractivity contribution in [1.29, 1.82) is 0 Å². The molecule has 3 atom stereocenters. The minimum Gasteiger partial charge on any atom is -0.389 e. The van der Waals surface area contributed by atoms with Crippen LogP contribution in [0, 0.1) is 5.92 Å². The number of aliphatic hydroxyl groups is 1. The smallest absolute Gasteiger partial charge is 0.102 e. The fraction of sp³-hybridized carbons (Fsp3) is 0.643. The lowest BCUT2D eigenvalue weighted by atomic mass is 9.91. The van der Waals surface area contributed by atoms with E-state index in [9.17, 15) is 5.11 Å². The van der Waals surface area contributed by atoms with E-state index in [0.29, 0.717) is 5.25 Å². The third kappa shape index (κ3) is 3.46. The normalized spacial score (nSPS) is 26.8. The van der Waals surface area contributed by atoms with E-state index in [0.717, 1.165) is 16.5 Å². The molecule has 0 spiro atoms. The summed E-state index contributed by atoms with van der Waals surface area (Å²) in [5, 5.41) is 11.4. The zero-order valence-electron chi connectivity index (χ0n) is 10.6. The third-order valence-corrected chi connectivity index (χ3v) is 4.74. The number of thioether (sulfide) groups is 1. The van der Waals surface area contributed by atoms with Crippen LogP contribution in [-0.2, 0) is 0 Å². The Kier molecular flexibility index (Phi) is 4.46. The van der Waals surface area contributed by atoms with Crippen molar-refractivity contribution in [2.75, 3.05) is 0 Å². The van der Waals surface area contributed by atoms with Crippen molar-refractivity contribution in [3.05, 3.63) is 23.9 Å². The van der Waals surface area contributed by atoms with Gasteiger partial charge in [-0.1, -0.05) is 25.8 Å². The first-order valence-electron chi connectivity index (χ1n) is 6.46. The summed E-state index contributed by atoms with van der Waals surface area (Å²) in [7, 11) is 0. The lowest BCUT2D eigenvalue weighted by molar-refractivity contribution is 0.195. The summed E-state index contributed by atoms with van der Waals surface area (Å²) >= 11 is 1.85. The van der Waals surface area contributed by atoms with Crippen molar-refractivity contribution in [3.8, 4) is 0 Å². The van der Waals surface area contributed by atoms with Crippen molar-refractivity contribution in [2.45, 2.75) is 55.9 Å². The Balaban J connectivity index is 2.07. The summed E-state index contributed by atoms with van der Waals surface area (Å²) in [6, 6.07) is 3.88. The molecule has 3 heteroatoms. The number of rotatable bonds is 3. The molecular formula is C14H21NOS. The molecule has 2 rings (SSSR count). The molecule has 3 unspecified atom stereocenters. The first-order chi connectivity index (χ1) is 8.16. The summed E-state index contributed by atoms with van der Waals surface area (Å²) in [6.07, 6.45) is 6.65. The molecule has 1 N–H and O–H groups in total. The maximum atomic E-state index is 9.73. The second-order valence-corrected chi connectivity index (χ2v) is 6.37. The van der Waals surface area contributed by atoms with E-state index >= 15 is 0 Å². The van der Waals surface area contributed by atoms with Crippen LogP contribution in [0.5, 0.6) is 0 Å². The standard InChI is InChI=1S/C14H21NOS/c1-10-5-3-6-12(9-10)17-14-13(11(2)16)7-4-8-15-14/h4,7-8,10-12,16H,3,5-6,9H2,1-2H3. The van der Waals surface area contributed by atoms with Crippen LogP contribution in [0.1, 0.15) is 51.2 Å². The van der Waals surface area contributed by atoms with Crippen molar-refractivity contribution in [2.24, 2.45) is 5.92 Å². The summed E-state index contributed by atoms with van der Waals surface area (Å²) in [4.78, 5) is 4.42. The first kappa shape index (κ1) is 12.9. The zero-order chi connectivity index (χ0) is 12.3. The molecule has 1 aromatic heterocycles. The van der Waals surface area contributed by atoms with E-state index < -0.39 is 6.10 Å². The molecule has 0 amide bonds. The van der Waals surface area contributed by atoms with Crippen LogP contribution < -0.4 is 0 Å². The third-order valence-electron chi connectivity index (χ3n) is 3.42. The van der Waals surface area contributed by atoms with E-state index in [2.05, 4.69) is 11.9 Å². The van der Waals surface area contributed by atoms with Gasteiger partial charge in [-0.05, 0) is 31.7 Å². The van der Waals surface area contributed by atoms with Gasteiger partial charge in [0.1, 0.15) is 5.03 Å². The SMILES string of the molecule is CC1CCCC(Sc2ncccc2C(C)O)C1. The lowest BCUT2D eigenvalue weighted by Gasteiger charge is -2.26. The molecule has 17 heavy (non-hydrogen) atoms. The Morgan fingerprint density at radius 1 is 1.47 bits per heavy atom. The van der Waals surface area contributed by atoms with Crippen LogP contribution in [0.25, 0.3) is 0 Å². The van der Waals surface area contributed by atoms with Gasteiger partial charge in [0, 0.05) is 17.0 Å². The number of hydrogen-bond donors (Lipinski definition) is 1. The van der Waals surface area contributed by atoms with Gasteiger partial charge in [0.15, 0.2) is 0 Å². The van der Waals surface area contributed by atoms with Gasteiger partial charge in [0.05, 0.1) is 6.10 Å². The average molecular weight is 251 g/mol. The number of aromatic nitrogens is 1. The van der Waals surface area contributed by atoms with Crippen molar-refractivity contribution >= 4 is 11.8 Å². The lowest BCUT2D eigenvalue weighted by Crippen LogP contribution is -2.15. The van der Waals surface area contributed by atoms with Crippen molar-refractivity contribution in [3.63, 3.8) is 0 Å². The number of aliphatic hydroxyl groups excluding tert-OH is 1. The predicted octanol–water partition coefficient (Wildman–Crippen LogP) is 3.81. The van der Waals surface area contributed by atoms with E-state index in [1.807, 2.05) is 37.0 Å². The molecule has 0 bridgehead atoms. The maximum absolute atomic E-state index is 9.73. The van der Waals surface area contributed by atoms with Gasteiger partial charge in [-0.2, -0.15) is 0 Å². The zero-order valence-corrected chi connectivity index (χ0v) is 11.4. The van der Waals surface area contributed by atoms with E-state index in [4.69, 9.17) is 0 Å². The molecule has 0 radical (unpaired) electrons. The van der Waals surface area contributed by atoms with Gasteiger partial charge >= 0.3 is 0 Å². The van der Waals surface area contributed by atoms with Crippen LogP contribution in [0.4, 0.5) is 0 Å². The van der Waals surface area contributed by atoms with Crippen LogP contribution in [0.3, 0.4) is 0 Å². The molecule has 0 aliphatic heterocycles. The van der Waals surface area contributed by atoms with E-state index in [-0.39, 0.29) is 0 Å². The highest BCUT2D eigenvalue weighted by molar-refractivity contribution is 7.99. The largest absolute Gasteiger partial charge is 0.389 e. The van der Waals surface area contributed by atoms with Gasteiger partial charge in [0.25, 0.3) is 0 Å². The minimum absolute atomic E-state index is 0.424. The Labute approximate surface area is 108 Å². The highest BCUT2D eigenvalue weighted by atomic mass is 32.2. The summed E-state index contributed by atoms with van der Waals surface area (Å²) < 4.78 is 0. The summed E-state index contributed by atoms with van der Waals surface area (Å²) in [6.45, 7) is 4.14. The molecule has 0 saturated heterocycles. The fourth-order valence-electron chi connectivity index (χ4n) is 2.46. The molecule has 1 aliphatic rings. The average Bonchev–Trinajstić information content (AvgIpc) is 2.29. The molecule has 1 saturated carbocycles. The van der Waals surface area contributed by atoms with Crippen LogP contribution in [-0.4, -0.2) is 15.3 Å². The van der Waals surface area contributed by atoms with Crippen LogP contribution >= 0.6 is 11.8 Å². The molecule has 1 fully saturated rings. The Morgan fingerprint density at radius 2 is 2.29 bits per heavy atom. The summed E-state index contributed by atoms with van der Waals surface area (Å²) in [5.41, 5.74) is 0.968. The number of nitrogens with zero attached hydrogens (tertiary/aromatic N) is 1. The first-order valence-corrected chi connectivity index (χ1v) is 7.34. The van der Waals surface area contributed by atoms with Crippen molar-refractivity contribution in [1.82, 2.24) is 4.98 Å².